The van der Waals surface area contributed by atoms with Gasteiger partial charge in [0.25, 0.3) is 10.0 Å². The Hall–Kier alpha value is -3.19. The Morgan fingerprint density at radius 3 is 2.30 bits per heavy atom. The summed E-state index contributed by atoms with van der Waals surface area (Å²) >= 11 is 0. The molecule has 0 bridgehead atoms. The zero-order valence-corrected chi connectivity index (χ0v) is 17.6. The van der Waals surface area contributed by atoms with Gasteiger partial charge in [0.2, 0.25) is 5.91 Å². The summed E-state index contributed by atoms with van der Waals surface area (Å²) in [5.74, 6) is -0.458. The lowest BCUT2D eigenvalue weighted by atomic mass is 10.1. The molecule has 0 aliphatic rings. The largest absolute Gasteiger partial charge is 0.352 e. The molecule has 0 saturated heterocycles. The van der Waals surface area contributed by atoms with E-state index in [0.29, 0.717) is 13.0 Å². The molecular formula is C23H24N2O4S. The highest BCUT2D eigenvalue weighted by Crippen LogP contribution is 2.19. The number of nitrogens with one attached hydrogen (secondary N) is 1. The van der Waals surface area contributed by atoms with Crippen LogP contribution in [-0.4, -0.2) is 24.1 Å². The van der Waals surface area contributed by atoms with Crippen LogP contribution in [0.2, 0.25) is 0 Å². The molecule has 0 aliphatic carbocycles. The van der Waals surface area contributed by atoms with Crippen molar-refractivity contribution >= 4 is 21.7 Å². The molecule has 1 aromatic heterocycles. The SMILES string of the molecule is Cc1ccc(S(=O)(=O)n2cccc2C(=O)CCCC(=O)NCc2ccccc2)cc1. The maximum absolute atomic E-state index is 12.9. The van der Waals surface area contributed by atoms with Gasteiger partial charge in [0.05, 0.1) is 10.6 Å². The predicted octanol–water partition coefficient (Wildman–Crippen LogP) is 3.70. The Bertz CT molecular complexity index is 1120. The second-order valence-electron chi connectivity index (χ2n) is 7.05. The van der Waals surface area contributed by atoms with Crippen LogP contribution in [0.1, 0.15) is 40.9 Å². The van der Waals surface area contributed by atoms with Gasteiger partial charge in [-0.05, 0) is 43.2 Å². The van der Waals surface area contributed by atoms with Crippen molar-refractivity contribution in [3.8, 4) is 0 Å². The summed E-state index contributed by atoms with van der Waals surface area (Å²) in [6.45, 7) is 2.31. The van der Waals surface area contributed by atoms with Crippen LogP contribution < -0.4 is 5.32 Å². The maximum atomic E-state index is 12.9. The van der Waals surface area contributed by atoms with Gasteiger partial charge in [0.1, 0.15) is 0 Å². The summed E-state index contributed by atoms with van der Waals surface area (Å²) in [6, 6.07) is 19.1. The van der Waals surface area contributed by atoms with E-state index in [1.54, 1.807) is 12.1 Å². The number of aromatic nitrogens is 1. The first-order valence-electron chi connectivity index (χ1n) is 9.71. The second kappa shape index (κ2) is 9.54. The topological polar surface area (TPSA) is 85.2 Å². The van der Waals surface area contributed by atoms with Crippen LogP contribution in [0.25, 0.3) is 0 Å². The Kier molecular flexibility index (Phi) is 6.84. The molecule has 7 heteroatoms. The number of Topliss-reactive ketones (excluding diaryl/α,β-unsaturated/α-hetero) is 1. The zero-order valence-electron chi connectivity index (χ0n) is 16.7. The summed E-state index contributed by atoms with van der Waals surface area (Å²) in [4.78, 5) is 24.7. The van der Waals surface area contributed by atoms with Crippen molar-refractivity contribution < 1.29 is 18.0 Å². The van der Waals surface area contributed by atoms with Gasteiger partial charge >= 0.3 is 0 Å². The highest BCUT2D eigenvalue weighted by Gasteiger charge is 2.22. The van der Waals surface area contributed by atoms with Crippen molar-refractivity contribution in [2.45, 2.75) is 37.6 Å². The van der Waals surface area contributed by atoms with Crippen LogP contribution in [-0.2, 0) is 21.4 Å². The van der Waals surface area contributed by atoms with Gasteiger partial charge in [-0.1, -0.05) is 48.0 Å². The average molecular weight is 425 g/mol. The van der Waals surface area contributed by atoms with E-state index in [1.165, 1.54) is 30.5 Å². The van der Waals surface area contributed by atoms with Crippen molar-refractivity contribution in [1.29, 1.82) is 0 Å². The molecule has 3 rings (SSSR count). The van der Waals surface area contributed by atoms with Crippen molar-refractivity contribution in [3.63, 3.8) is 0 Å². The number of hydrogen-bond acceptors (Lipinski definition) is 4. The minimum Gasteiger partial charge on any atom is -0.352 e. The van der Waals surface area contributed by atoms with Crippen LogP contribution >= 0.6 is 0 Å². The Balaban J connectivity index is 1.57. The van der Waals surface area contributed by atoms with Crippen LogP contribution in [0.4, 0.5) is 0 Å². The summed E-state index contributed by atoms with van der Waals surface area (Å²) in [5, 5.41) is 2.82. The van der Waals surface area contributed by atoms with E-state index in [1.807, 2.05) is 37.3 Å². The first-order chi connectivity index (χ1) is 14.4. The fraction of sp³-hybridized carbons (Fsp3) is 0.217. The number of carbonyl (C=O) groups is 2. The molecule has 0 aliphatic heterocycles. The monoisotopic (exact) mass is 424 g/mol. The van der Waals surface area contributed by atoms with E-state index in [-0.39, 0.29) is 35.1 Å². The number of amides is 1. The number of rotatable bonds is 9. The van der Waals surface area contributed by atoms with Crippen molar-refractivity contribution in [2.75, 3.05) is 0 Å². The molecule has 2 aromatic carbocycles. The number of hydrogen-bond donors (Lipinski definition) is 1. The fourth-order valence-corrected chi connectivity index (χ4v) is 4.40. The molecule has 0 atom stereocenters. The molecule has 0 saturated carbocycles. The minimum atomic E-state index is -3.85. The number of ketones is 1. The van der Waals surface area contributed by atoms with Gasteiger partial charge in [-0.25, -0.2) is 12.4 Å². The quantitative estimate of drug-likeness (QED) is 0.531. The molecule has 6 nitrogen and oxygen atoms in total. The average Bonchev–Trinajstić information content (AvgIpc) is 3.24. The van der Waals surface area contributed by atoms with E-state index < -0.39 is 10.0 Å². The molecule has 30 heavy (non-hydrogen) atoms. The lowest BCUT2D eigenvalue weighted by Gasteiger charge is -2.10. The van der Waals surface area contributed by atoms with Crippen LogP contribution in [0.5, 0.6) is 0 Å². The summed E-state index contributed by atoms with van der Waals surface area (Å²) in [6.07, 6.45) is 2.00. The first-order valence-corrected chi connectivity index (χ1v) is 11.2. The zero-order chi connectivity index (χ0) is 21.6. The van der Waals surface area contributed by atoms with E-state index in [9.17, 15) is 18.0 Å². The minimum absolute atomic E-state index is 0.0895. The lowest BCUT2D eigenvalue weighted by molar-refractivity contribution is -0.121. The molecule has 0 unspecified atom stereocenters. The van der Waals surface area contributed by atoms with Crippen molar-refractivity contribution in [2.24, 2.45) is 0 Å². The van der Waals surface area contributed by atoms with Crippen molar-refractivity contribution in [1.82, 2.24) is 9.29 Å². The molecule has 0 spiro atoms. The molecule has 1 amide bonds. The summed E-state index contributed by atoms with van der Waals surface area (Å²) in [5.41, 5.74) is 2.05. The molecule has 156 valence electrons. The highest BCUT2D eigenvalue weighted by atomic mass is 32.2. The summed E-state index contributed by atoms with van der Waals surface area (Å²) in [7, 11) is -3.85. The van der Waals surface area contributed by atoms with Crippen LogP contribution in [0, 0.1) is 6.92 Å². The number of benzene rings is 2. The molecule has 0 radical (unpaired) electrons. The maximum Gasteiger partial charge on any atom is 0.268 e. The number of nitrogens with zero attached hydrogens (tertiary/aromatic N) is 1. The predicted molar refractivity (Wildman–Crippen MR) is 115 cm³/mol. The third kappa shape index (κ3) is 5.24. The number of carbonyl (C=O) groups excluding carboxylic acids is 2. The van der Waals surface area contributed by atoms with E-state index in [4.69, 9.17) is 0 Å². The fourth-order valence-electron chi connectivity index (χ4n) is 3.04. The Morgan fingerprint density at radius 2 is 1.60 bits per heavy atom. The Labute approximate surface area is 176 Å². The van der Waals surface area contributed by atoms with Gasteiger partial charge in [0.15, 0.2) is 5.78 Å². The third-order valence-corrected chi connectivity index (χ3v) is 6.42. The first kappa shape index (κ1) is 21.5. The van der Waals surface area contributed by atoms with E-state index >= 15 is 0 Å². The molecule has 3 aromatic rings. The smallest absolute Gasteiger partial charge is 0.268 e. The lowest BCUT2D eigenvalue weighted by Crippen LogP contribution is -2.23. The number of aryl methyl sites for hydroxylation is 1. The van der Waals surface area contributed by atoms with E-state index in [2.05, 4.69) is 5.32 Å². The van der Waals surface area contributed by atoms with Crippen molar-refractivity contribution in [3.05, 3.63) is 89.7 Å². The van der Waals surface area contributed by atoms with Gasteiger partial charge in [-0.2, -0.15) is 0 Å². The van der Waals surface area contributed by atoms with Crippen LogP contribution in [0.3, 0.4) is 0 Å². The van der Waals surface area contributed by atoms with Gasteiger partial charge in [-0.3, -0.25) is 9.59 Å². The Morgan fingerprint density at radius 1 is 0.900 bits per heavy atom. The normalized spacial score (nSPS) is 11.2. The highest BCUT2D eigenvalue weighted by molar-refractivity contribution is 7.90. The molecule has 1 heterocycles. The summed E-state index contributed by atoms with van der Waals surface area (Å²) < 4.78 is 26.8. The standard InChI is InChI=1S/C23H24N2O4S/c1-18-12-14-20(15-13-18)30(28,29)25-16-6-9-21(25)22(26)10-5-11-23(27)24-17-19-7-3-2-4-8-19/h2-4,6-9,12-16H,5,10-11,17H2,1H3,(H,24,27). The van der Waals surface area contributed by atoms with Gasteiger partial charge in [-0.15, -0.1) is 0 Å². The second-order valence-corrected chi connectivity index (χ2v) is 8.86. The van der Waals surface area contributed by atoms with Gasteiger partial charge in [0, 0.05) is 25.6 Å². The molecular weight excluding hydrogens is 400 g/mol. The molecule has 1 N–H and O–H groups in total. The van der Waals surface area contributed by atoms with Gasteiger partial charge < -0.3 is 5.32 Å². The van der Waals surface area contributed by atoms with E-state index in [0.717, 1.165) is 15.1 Å². The third-order valence-electron chi connectivity index (χ3n) is 4.72. The molecule has 0 fully saturated rings. The van der Waals surface area contributed by atoms with Crippen LogP contribution in [0.15, 0.2) is 77.8 Å².